The van der Waals surface area contributed by atoms with Crippen LogP contribution in [-0.2, 0) is 4.74 Å². The van der Waals surface area contributed by atoms with E-state index in [2.05, 4.69) is 24.1 Å². The van der Waals surface area contributed by atoms with Gasteiger partial charge in [-0.2, -0.15) is 0 Å². The Labute approximate surface area is 154 Å². The number of anilines is 2. The molecule has 2 heterocycles. The summed E-state index contributed by atoms with van der Waals surface area (Å²) in [5, 5.41) is 3.29. The average Bonchev–Trinajstić information content (AvgIpc) is 2.61. The summed E-state index contributed by atoms with van der Waals surface area (Å²) >= 11 is 0. The maximum absolute atomic E-state index is 12.2. The Morgan fingerprint density at radius 1 is 1.12 bits per heavy atom. The van der Waals surface area contributed by atoms with Crippen LogP contribution in [0.3, 0.4) is 0 Å². The molecule has 2 fully saturated rings. The van der Waals surface area contributed by atoms with E-state index in [9.17, 15) is 14.4 Å². The van der Waals surface area contributed by atoms with Gasteiger partial charge in [0, 0.05) is 32.2 Å². The molecule has 1 N–H and O–H groups in total. The molecule has 0 spiro atoms. The van der Waals surface area contributed by atoms with Gasteiger partial charge in [-0.3, -0.25) is 9.59 Å². The van der Waals surface area contributed by atoms with E-state index >= 15 is 0 Å². The topological polar surface area (TPSA) is 79.0 Å². The van der Waals surface area contributed by atoms with Crippen LogP contribution in [0, 0.1) is 11.8 Å². The number of piperidine rings is 2. The highest BCUT2D eigenvalue weighted by molar-refractivity contribution is 5.75. The Bertz CT molecular complexity index is 707. The monoisotopic (exact) mass is 363 g/mol. The van der Waals surface area contributed by atoms with Gasteiger partial charge in [0.05, 0.1) is 6.61 Å². The maximum atomic E-state index is 12.2. The minimum Gasteiger partial charge on any atom is -0.450 e. The van der Waals surface area contributed by atoms with Crippen molar-refractivity contribution in [3.05, 3.63) is 20.4 Å². The van der Waals surface area contributed by atoms with Crippen molar-refractivity contribution in [2.45, 2.75) is 46.1 Å². The van der Waals surface area contributed by atoms with Crippen LogP contribution in [-0.4, -0.2) is 49.8 Å². The number of likely N-dealkylation sites (tertiary alicyclic amines) is 1. The number of amides is 1. The quantitative estimate of drug-likeness (QED) is 0.822. The zero-order valence-corrected chi connectivity index (χ0v) is 15.9. The molecule has 0 radical (unpaired) electrons. The van der Waals surface area contributed by atoms with Gasteiger partial charge in [-0.15, -0.1) is 0 Å². The van der Waals surface area contributed by atoms with Gasteiger partial charge in [-0.05, 0) is 38.0 Å². The summed E-state index contributed by atoms with van der Waals surface area (Å²) in [5.41, 5.74) is 0.281. The lowest BCUT2D eigenvalue weighted by molar-refractivity contribution is 0.0983. The van der Waals surface area contributed by atoms with Crippen molar-refractivity contribution in [3.63, 3.8) is 0 Å². The molecule has 2 unspecified atom stereocenters. The first-order valence-corrected chi connectivity index (χ1v) is 9.67. The molecule has 1 amide bonds. The number of rotatable bonds is 4. The molecule has 0 aliphatic carbocycles. The highest BCUT2D eigenvalue weighted by Crippen LogP contribution is 2.29. The second-order valence-electron chi connectivity index (χ2n) is 7.84. The molecule has 1 aromatic carbocycles. The number of hydrogen-bond donors (Lipinski definition) is 1. The average molecular weight is 363 g/mol. The van der Waals surface area contributed by atoms with Crippen LogP contribution in [0.2, 0.25) is 0 Å². The standard InChI is InChI=1S/C19H29N3O4/c1-4-26-19(25)21-7-5-14(6-8-21)20-15-16(18(24)17(15)23)22-10-12(2)9-13(3)11-22/h12-14,20H,4-11H2,1-3H3. The van der Waals surface area contributed by atoms with E-state index in [-0.39, 0.29) is 17.6 Å². The second-order valence-corrected chi connectivity index (χ2v) is 7.84. The number of ether oxygens (including phenoxy) is 1. The molecule has 3 rings (SSSR count). The highest BCUT2D eigenvalue weighted by Gasteiger charge is 2.32. The number of carbonyl (C=O) groups is 1. The predicted octanol–water partition coefficient (Wildman–Crippen LogP) is 1.80. The molecule has 7 heteroatoms. The third-order valence-electron chi connectivity index (χ3n) is 5.44. The van der Waals surface area contributed by atoms with Gasteiger partial charge in [-0.25, -0.2) is 4.79 Å². The van der Waals surface area contributed by atoms with Crippen LogP contribution >= 0.6 is 0 Å². The summed E-state index contributed by atoms with van der Waals surface area (Å²) in [5.74, 6) is 1.03. The molecule has 0 saturated carbocycles. The third-order valence-corrected chi connectivity index (χ3v) is 5.44. The van der Waals surface area contributed by atoms with Gasteiger partial charge >= 0.3 is 6.09 Å². The predicted molar refractivity (Wildman–Crippen MR) is 102 cm³/mol. The summed E-state index contributed by atoms with van der Waals surface area (Å²) in [6.45, 7) is 9.38. The maximum Gasteiger partial charge on any atom is 0.409 e. The molecule has 144 valence electrons. The van der Waals surface area contributed by atoms with Crippen molar-refractivity contribution in [2.24, 2.45) is 11.8 Å². The smallest absolute Gasteiger partial charge is 0.409 e. The SMILES string of the molecule is CCOC(=O)N1CCC(Nc2c(N3CC(C)CC(C)C3)c(=O)c2=O)CC1. The third kappa shape index (κ3) is 3.71. The van der Waals surface area contributed by atoms with E-state index in [1.165, 1.54) is 0 Å². The number of nitrogens with one attached hydrogen (secondary N) is 1. The van der Waals surface area contributed by atoms with Gasteiger partial charge in [0.15, 0.2) is 0 Å². The van der Waals surface area contributed by atoms with Crippen LogP contribution in [0.15, 0.2) is 9.59 Å². The first-order valence-electron chi connectivity index (χ1n) is 9.67. The van der Waals surface area contributed by atoms with Crippen molar-refractivity contribution in [3.8, 4) is 0 Å². The number of nitrogens with zero attached hydrogens (tertiary/aromatic N) is 2. The molecule has 1 aromatic rings. The molecule has 2 atom stereocenters. The Balaban J connectivity index is 1.63. The lowest BCUT2D eigenvalue weighted by Gasteiger charge is -2.38. The molecular weight excluding hydrogens is 334 g/mol. The van der Waals surface area contributed by atoms with E-state index in [0.717, 1.165) is 32.4 Å². The lowest BCUT2D eigenvalue weighted by Crippen LogP contribution is -2.49. The Hall–Kier alpha value is -2.05. The van der Waals surface area contributed by atoms with Crippen LogP contribution in [0.1, 0.15) is 40.0 Å². The largest absolute Gasteiger partial charge is 0.450 e. The molecular formula is C19H29N3O4. The van der Waals surface area contributed by atoms with E-state index in [1.54, 1.807) is 11.8 Å². The van der Waals surface area contributed by atoms with Gasteiger partial charge in [0.1, 0.15) is 11.4 Å². The molecule has 2 saturated heterocycles. The molecule has 0 aromatic heterocycles. The van der Waals surface area contributed by atoms with E-state index in [1.807, 2.05) is 0 Å². The first kappa shape index (κ1) is 18.7. The summed E-state index contributed by atoms with van der Waals surface area (Å²) in [7, 11) is 0. The molecule has 7 nitrogen and oxygen atoms in total. The summed E-state index contributed by atoms with van der Waals surface area (Å²) in [6, 6.07) is 0.0994. The Morgan fingerprint density at radius 2 is 1.73 bits per heavy atom. The minimum absolute atomic E-state index is 0.0994. The molecule has 2 aliphatic heterocycles. The van der Waals surface area contributed by atoms with Crippen LogP contribution in [0.25, 0.3) is 0 Å². The van der Waals surface area contributed by atoms with Gasteiger partial charge in [-0.1, -0.05) is 13.8 Å². The summed E-state index contributed by atoms with van der Waals surface area (Å²) in [6.07, 6.45) is 2.35. The summed E-state index contributed by atoms with van der Waals surface area (Å²) in [4.78, 5) is 39.9. The Morgan fingerprint density at radius 3 is 2.31 bits per heavy atom. The van der Waals surface area contributed by atoms with Crippen molar-refractivity contribution in [1.29, 1.82) is 0 Å². The van der Waals surface area contributed by atoms with Crippen LogP contribution in [0.4, 0.5) is 16.2 Å². The fourth-order valence-electron chi connectivity index (χ4n) is 4.29. The highest BCUT2D eigenvalue weighted by atomic mass is 16.6. The number of hydrogen-bond acceptors (Lipinski definition) is 6. The molecule has 0 bridgehead atoms. The fraction of sp³-hybridized carbons (Fsp3) is 0.737. The second kappa shape index (κ2) is 7.68. The normalized spacial score (nSPS) is 24.7. The Kier molecular flexibility index (Phi) is 5.53. The first-order chi connectivity index (χ1) is 12.4. The molecule has 26 heavy (non-hydrogen) atoms. The van der Waals surface area contributed by atoms with Crippen molar-refractivity contribution in [1.82, 2.24) is 4.90 Å². The molecule has 2 aliphatic rings. The zero-order valence-electron chi connectivity index (χ0n) is 15.9. The van der Waals surface area contributed by atoms with E-state index in [0.29, 0.717) is 42.9 Å². The van der Waals surface area contributed by atoms with Crippen molar-refractivity contribution < 1.29 is 9.53 Å². The van der Waals surface area contributed by atoms with Gasteiger partial charge in [0.2, 0.25) is 0 Å². The summed E-state index contributed by atoms with van der Waals surface area (Å²) < 4.78 is 5.03. The fourth-order valence-corrected chi connectivity index (χ4v) is 4.29. The van der Waals surface area contributed by atoms with E-state index < -0.39 is 5.43 Å². The van der Waals surface area contributed by atoms with Gasteiger partial charge in [0.25, 0.3) is 10.9 Å². The van der Waals surface area contributed by atoms with E-state index in [4.69, 9.17) is 4.74 Å². The van der Waals surface area contributed by atoms with Crippen LogP contribution < -0.4 is 21.1 Å². The number of carbonyl (C=O) groups excluding carboxylic acids is 1. The van der Waals surface area contributed by atoms with Crippen molar-refractivity contribution in [2.75, 3.05) is 43.0 Å². The minimum atomic E-state index is -0.404. The van der Waals surface area contributed by atoms with Crippen LogP contribution in [0.5, 0.6) is 0 Å². The lowest BCUT2D eigenvalue weighted by atomic mass is 9.91. The zero-order chi connectivity index (χ0) is 18.8. The van der Waals surface area contributed by atoms with Crippen molar-refractivity contribution >= 4 is 17.5 Å². The van der Waals surface area contributed by atoms with Gasteiger partial charge < -0.3 is 19.9 Å².